The van der Waals surface area contributed by atoms with Crippen molar-refractivity contribution in [2.45, 2.75) is 0 Å². The number of aromatic hydroxyl groups is 1. The Kier molecular flexibility index (Phi) is 2.02. The Labute approximate surface area is 84.8 Å². The Morgan fingerprint density at radius 3 is 2.93 bits per heavy atom. The molecule has 70 valence electrons. The predicted molar refractivity (Wildman–Crippen MR) is 54.8 cm³/mol. The van der Waals surface area contributed by atoms with E-state index in [4.69, 9.17) is 10.00 Å². The first-order chi connectivity index (χ1) is 6.77. The fourth-order valence-electron chi connectivity index (χ4n) is 1.33. The van der Waals surface area contributed by atoms with Gasteiger partial charge in [0.2, 0.25) is 0 Å². The summed E-state index contributed by atoms with van der Waals surface area (Å²) in [6.07, 6.45) is 0. The first-order valence-corrected chi connectivity index (χ1v) is 4.83. The van der Waals surface area contributed by atoms with Gasteiger partial charge in [-0.2, -0.15) is 5.26 Å². The van der Waals surface area contributed by atoms with Gasteiger partial charge in [-0.25, -0.2) is 0 Å². The number of phenolic OH excluding ortho intramolecular Hbond substituents is 1. The molecule has 0 spiro atoms. The maximum absolute atomic E-state index is 9.75. The zero-order valence-electron chi connectivity index (χ0n) is 7.44. The van der Waals surface area contributed by atoms with Crippen molar-refractivity contribution < 1.29 is 9.84 Å². The zero-order valence-corrected chi connectivity index (χ0v) is 8.26. The maximum Gasteiger partial charge on any atom is 0.145 e. The van der Waals surface area contributed by atoms with Crippen LogP contribution in [0.1, 0.15) is 5.56 Å². The van der Waals surface area contributed by atoms with Gasteiger partial charge in [0.1, 0.15) is 17.6 Å². The van der Waals surface area contributed by atoms with Gasteiger partial charge in [-0.15, -0.1) is 11.3 Å². The Morgan fingerprint density at radius 2 is 2.29 bits per heavy atom. The van der Waals surface area contributed by atoms with Crippen molar-refractivity contribution in [1.82, 2.24) is 0 Å². The fourth-order valence-corrected chi connectivity index (χ4v) is 2.24. The minimum absolute atomic E-state index is 0.00287. The highest BCUT2D eigenvalue weighted by molar-refractivity contribution is 7.17. The third kappa shape index (κ3) is 1.10. The van der Waals surface area contributed by atoms with E-state index in [2.05, 4.69) is 0 Å². The third-order valence-electron chi connectivity index (χ3n) is 2.02. The van der Waals surface area contributed by atoms with Gasteiger partial charge < -0.3 is 9.84 Å². The summed E-state index contributed by atoms with van der Waals surface area (Å²) >= 11 is 1.48. The van der Waals surface area contributed by atoms with Crippen LogP contribution in [0.5, 0.6) is 11.5 Å². The highest BCUT2D eigenvalue weighted by Crippen LogP contribution is 2.39. The molecule has 0 amide bonds. The van der Waals surface area contributed by atoms with E-state index < -0.39 is 0 Å². The summed E-state index contributed by atoms with van der Waals surface area (Å²) in [6, 6.07) is 5.34. The van der Waals surface area contributed by atoms with Crippen LogP contribution in [-0.2, 0) is 0 Å². The largest absolute Gasteiger partial charge is 0.506 e. The van der Waals surface area contributed by atoms with Crippen molar-refractivity contribution >= 4 is 21.4 Å². The molecule has 3 nitrogen and oxygen atoms in total. The van der Waals surface area contributed by atoms with Crippen LogP contribution in [0.25, 0.3) is 10.1 Å². The lowest BCUT2D eigenvalue weighted by atomic mass is 10.1. The molecule has 4 heteroatoms. The maximum atomic E-state index is 9.75. The minimum atomic E-state index is 0.00287. The van der Waals surface area contributed by atoms with Crippen molar-refractivity contribution in [1.29, 1.82) is 5.26 Å². The molecule has 0 atom stereocenters. The molecule has 1 N–H and O–H groups in total. The summed E-state index contributed by atoms with van der Waals surface area (Å²) < 4.78 is 6.00. The molecule has 0 fully saturated rings. The zero-order chi connectivity index (χ0) is 10.1. The number of thiophene rings is 1. The van der Waals surface area contributed by atoms with Gasteiger partial charge in [0.15, 0.2) is 0 Å². The van der Waals surface area contributed by atoms with Gasteiger partial charge in [-0.3, -0.25) is 0 Å². The van der Waals surface area contributed by atoms with Crippen LogP contribution in [0.3, 0.4) is 0 Å². The van der Waals surface area contributed by atoms with Crippen molar-refractivity contribution in [2.24, 2.45) is 0 Å². The number of benzene rings is 1. The molecule has 2 aromatic rings. The summed E-state index contributed by atoms with van der Waals surface area (Å²) in [7, 11) is 1.54. The smallest absolute Gasteiger partial charge is 0.145 e. The standard InChI is InChI=1S/C10H7NO2S/c1-13-7-5-14-8-3-2-6(4-11)10(12)9(7)8/h2-3,5,12H,1H3. The van der Waals surface area contributed by atoms with Crippen LogP contribution in [0.15, 0.2) is 17.5 Å². The summed E-state index contributed by atoms with van der Waals surface area (Å²) in [6.45, 7) is 0. The molecule has 0 aliphatic heterocycles. The molecule has 0 unspecified atom stereocenters. The molecule has 1 aromatic heterocycles. The van der Waals surface area contributed by atoms with Crippen molar-refractivity contribution in [3.63, 3.8) is 0 Å². The number of ether oxygens (including phenoxy) is 1. The van der Waals surface area contributed by atoms with Crippen molar-refractivity contribution in [3.8, 4) is 17.6 Å². The summed E-state index contributed by atoms with van der Waals surface area (Å²) in [5.41, 5.74) is 0.272. The summed E-state index contributed by atoms with van der Waals surface area (Å²) in [4.78, 5) is 0. The second-order valence-corrected chi connectivity index (χ2v) is 3.66. The van der Waals surface area contributed by atoms with Gasteiger partial charge >= 0.3 is 0 Å². The van der Waals surface area contributed by atoms with Gasteiger partial charge in [-0.1, -0.05) is 0 Å². The normalized spacial score (nSPS) is 10.0. The second kappa shape index (κ2) is 3.20. The Balaban J connectivity index is 2.85. The lowest BCUT2D eigenvalue weighted by Crippen LogP contribution is -1.82. The van der Waals surface area contributed by atoms with Crippen LogP contribution in [0.2, 0.25) is 0 Å². The van der Waals surface area contributed by atoms with Crippen LogP contribution in [0, 0.1) is 11.3 Å². The first-order valence-electron chi connectivity index (χ1n) is 3.95. The minimum Gasteiger partial charge on any atom is -0.506 e. The van der Waals surface area contributed by atoms with Crippen molar-refractivity contribution in [3.05, 3.63) is 23.1 Å². The van der Waals surface area contributed by atoms with E-state index in [1.807, 2.05) is 11.4 Å². The van der Waals surface area contributed by atoms with E-state index in [0.29, 0.717) is 11.1 Å². The number of phenols is 1. The second-order valence-electron chi connectivity index (χ2n) is 2.75. The molecule has 0 aliphatic carbocycles. The monoisotopic (exact) mass is 205 g/mol. The van der Waals surface area contributed by atoms with Crippen LogP contribution >= 0.6 is 11.3 Å². The quantitative estimate of drug-likeness (QED) is 0.778. The van der Waals surface area contributed by atoms with Gasteiger partial charge in [-0.05, 0) is 12.1 Å². The molecule has 0 aliphatic rings. The fraction of sp³-hybridized carbons (Fsp3) is 0.100. The first kappa shape index (κ1) is 8.85. The van der Waals surface area contributed by atoms with Crippen LogP contribution in [-0.4, -0.2) is 12.2 Å². The molecular weight excluding hydrogens is 198 g/mol. The number of methoxy groups -OCH3 is 1. The number of nitrogens with zero attached hydrogens (tertiary/aromatic N) is 1. The lowest BCUT2D eigenvalue weighted by Gasteiger charge is -2.00. The average molecular weight is 205 g/mol. The summed E-state index contributed by atoms with van der Waals surface area (Å²) in [5.74, 6) is 0.614. The van der Waals surface area contributed by atoms with E-state index >= 15 is 0 Å². The number of rotatable bonds is 1. The lowest BCUT2D eigenvalue weighted by molar-refractivity contribution is 0.417. The predicted octanol–water partition coefficient (Wildman–Crippen LogP) is 2.49. The molecule has 14 heavy (non-hydrogen) atoms. The van der Waals surface area contributed by atoms with E-state index in [9.17, 15) is 5.11 Å². The number of fused-ring (bicyclic) bond motifs is 1. The molecule has 1 aromatic carbocycles. The average Bonchev–Trinajstić information content (AvgIpc) is 2.62. The molecule has 0 saturated carbocycles. The molecule has 0 bridgehead atoms. The van der Waals surface area contributed by atoms with Gasteiger partial charge in [0.25, 0.3) is 0 Å². The highest BCUT2D eigenvalue weighted by Gasteiger charge is 2.12. The van der Waals surface area contributed by atoms with Crippen molar-refractivity contribution in [2.75, 3.05) is 7.11 Å². The third-order valence-corrected chi connectivity index (χ3v) is 2.95. The van der Waals surface area contributed by atoms with Crippen LogP contribution < -0.4 is 4.74 Å². The van der Waals surface area contributed by atoms with E-state index in [1.54, 1.807) is 19.2 Å². The Hall–Kier alpha value is -1.73. The van der Waals surface area contributed by atoms with Gasteiger partial charge in [0, 0.05) is 10.1 Å². The number of hydrogen-bond donors (Lipinski definition) is 1. The highest BCUT2D eigenvalue weighted by atomic mass is 32.1. The molecule has 1 heterocycles. The van der Waals surface area contributed by atoms with E-state index in [1.165, 1.54) is 11.3 Å². The van der Waals surface area contributed by atoms with Gasteiger partial charge in [0.05, 0.1) is 18.1 Å². The summed E-state index contributed by atoms with van der Waals surface area (Å²) in [5, 5.41) is 20.9. The van der Waals surface area contributed by atoms with Crippen LogP contribution in [0.4, 0.5) is 0 Å². The number of nitriles is 1. The molecule has 0 radical (unpaired) electrons. The Bertz CT molecular complexity index is 525. The Morgan fingerprint density at radius 1 is 1.50 bits per heavy atom. The SMILES string of the molecule is COc1csc2ccc(C#N)c(O)c12. The number of hydrogen-bond acceptors (Lipinski definition) is 4. The van der Waals surface area contributed by atoms with E-state index in [0.717, 1.165) is 4.70 Å². The topological polar surface area (TPSA) is 53.2 Å². The van der Waals surface area contributed by atoms with E-state index in [-0.39, 0.29) is 11.3 Å². The molecular formula is C10H7NO2S. The molecule has 0 saturated heterocycles. The molecule has 2 rings (SSSR count).